The second-order valence-corrected chi connectivity index (χ2v) is 6.71. The monoisotopic (exact) mass is 291 g/mol. The van der Waals surface area contributed by atoms with Gasteiger partial charge in [-0.1, -0.05) is 12.1 Å². The summed E-state index contributed by atoms with van der Waals surface area (Å²) >= 11 is 1.81. The summed E-state index contributed by atoms with van der Waals surface area (Å²) < 4.78 is 0. The molecule has 110 valence electrons. The molecule has 4 heteroatoms. The van der Waals surface area contributed by atoms with Gasteiger partial charge in [0, 0.05) is 56.2 Å². The normalized spacial score (nSPS) is 23.5. The van der Waals surface area contributed by atoms with E-state index >= 15 is 0 Å². The minimum atomic E-state index is 0.535. The highest BCUT2D eigenvalue weighted by atomic mass is 32.2. The molecule has 0 radical (unpaired) electrons. The van der Waals surface area contributed by atoms with Crippen LogP contribution in [0.4, 0.5) is 0 Å². The van der Waals surface area contributed by atoms with Crippen LogP contribution < -0.4 is 5.32 Å². The lowest BCUT2D eigenvalue weighted by Gasteiger charge is -2.44. The van der Waals surface area contributed by atoms with Crippen LogP contribution in [-0.4, -0.2) is 61.4 Å². The number of nitrogens with zero attached hydrogens (tertiary/aromatic N) is 2. The predicted molar refractivity (Wildman–Crippen MR) is 86.4 cm³/mol. The molecule has 1 unspecified atom stereocenters. The number of nitrogens with one attached hydrogen (secondary N) is 1. The van der Waals surface area contributed by atoms with Crippen LogP contribution in [0.15, 0.2) is 29.2 Å². The third-order valence-corrected chi connectivity index (χ3v) is 5.51. The molecule has 1 aromatic rings. The van der Waals surface area contributed by atoms with Gasteiger partial charge in [-0.15, -0.1) is 11.8 Å². The van der Waals surface area contributed by atoms with Crippen molar-refractivity contribution in [3.8, 4) is 0 Å². The lowest BCUT2D eigenvalue weighted by atomic mass is 10.0. The topological polar surface area (TPSA) is 18.5 Å². The van der Waals surface area contributed by atoms with E-state index in [4.69, 9.17) is 0 Å². The van der Waals surface area contributed by atoms with Crippen molar-refractivity contribution in [1.29, 1.82) is 0 Å². The molecule has 3 nitrogen and oxygen atoms in total. The van der Waals surface area contributed by atoms with Gasteiger partial charge in [0.25, 0.3) is 0 Å². The van der Waals surface area contributed by atoms with E-state index in [-0.39, 0.29) is 0 Å². The van der Waals surface area contributed by atoms with Crippen molar-refractivity contribution in [2.75, 3.05) is 45.5 Å². The minimum Gasteiger partial charge on any atom is -0.314 e. The minimum absolute atomic E-state index is 0.535. The van der Waals surface area contributed by atoms with Gasteiger partial charge in [-0.05, 0) is 30.9 Å². The Morgan fingerprint density at radius 1 is 1.10 bits per heavy atom. The second kappa shape index (κ2) is 6.48. The Morgan fingerprint density at radius 2 is 1.75 bits per heavy atom. The molecule has 1 aromatic carbocycles. The summed E-state index contributed by atoms with van der Waals surface area (Å²) in [7, 11) is 0. The number of hydrogen-bond acceptors (Lipinski definition) is 4. The molecule has 2 fully saturated rings. The molecule has 0 aromatic heterocycles. The summed E-state index contributed by atoms with van der Waals surface area (Å²) in [6.45, 7) is 9.55. The van der Waals surface area contributed by atoms with Crippen molar-refractivity contribution in [3.05, 3.63) is 29.8 Å². The van der Waals surface area contributed by atoms with Crippen LogP contribution in [0.3, 0.4) is 0 Å². The van der Waals surface area contributed by atoms with Crippen molar-refractivity contribution in [3.63, 3.8) is 0 Å². The summed E-state index contributed by atoms with van der Waals surface area (Å²) in [6, 6.07) is 10.4. The molecule has 0 bridgehead atoms. The lowest BCUT2D eigenvalue weighted by Crippen LogP contribution is -2.61. The summed E-state index contributed by atoms with van der Waals surface area (Å²) in [5.41, 5.74) is 1.45. The molecule has 2 aliphatic heterocycles. The van der Waals surface area contributed by atoms with E-state index in [1.54, 1.807) is 0 Å². The molecule has 2 saturated heterocycles. The summed E-state index contributed by atoms with van der Waals surface area (Å²) in [6.07, 6.45) is 2.13. The number of benzene rings is 1. The fourth-order valence-electron chi connectivity index (χ4n) is 3.11. The molecule has 1 atom stereocenters. The van der Waals surface area contributed by atoms with Crippen LogP contribution in [0.25, 0.3) is 0 Å². The molecular formula is C16H25N3S. The highest BCUT2D eigenvalue weighted by molar-refractivity contribution is 7.98. The molecular weight excluding hydrogens is 266 g/mol. The first-order valence-electron chi connectivity index (χ1n) is 7.60. The van der Waals surface area contributed by atoms with Crippen LogP contribution in [-0.2, 0) is 0 Å². The molecule has 2 heterocycles. The van der Waals surface area contributed by atoms with Gasteiger partial charge in [0.2, 0.25) is 0 Å². The van der Waals surface area contributed by atoms with E-state index in [0.717, 1.165) is 6.04 Å². The predicted octanol–water partition coefficient (Wildman–Crippen LogP) is 2.06. The fraction of sp³-hybridized carbons (Fsp3) is 0.625. The van der Waals surface area contributed by atoms with Gasteiger partial charge in [-0.25, -0.2) is 0 Å². The average molecular weight is 291 g/mol. The van der Waals surface area contributed by atoms with Crippen LogP contribution in [0.1, 0.15) is 18.5 Å². The maximum atomic E-state index is 3.37. The molecule has 2 aliphatic rings. The molecule has 0 saturated carbocycles. The van der Waals surface area contributed by atoms with Crippen LogP contribution in [0.2, 0.25) is 0 Å². The first-order chi connectivity index (χ1) is 9.78. The maximum absolute atomic E-state index is 3.37. The quantitative estimate of drug-likeness (QED) is 0.856. The Labute approximate surface area is 126 Å². The number of rotatable bonds is 4. The first-order valence-corrected chi connectivity index (χ1v) is 8.83. The van der Waals surface area contributed by atoms with Crippen molar-refractivity contribution >= 4 is 11.8 Å². The van der Waals surface area contributed by atoms with E-state index in [1.165, 1.54) is 49.7 Å². The molecule has 20 heavy (non-hydrogen) atoms. The first kappa shape index (κ1) is 14.4. The summed E-state index contributed by atoms with van der Waals surface area (Å²) in [5.74, 6) is 0. The zero-order valence-corrected chi connectivity index (χ0v) is 13.3. The van der Waals surface area contributed by atoms with Gasteiger partial charge >= 0.3 is 0 Å². The summed E-state index contributed by atoms with van der Waals surface area (Å²) in [5, 5.41) is 3.37. The highest BCUT2D eigenvalue weighted by Crippen LogP contribution is 2.24. The lowest BCUT2D eigenvalue weighted by molar-refractivity contribution is 0.0552. The maximum Gasteiger partial charge on any atom is 0.0346 e. The van der Waals surface area contributed by atoms with Gasteiger partial charge < -0.3 is 5.32 Å². The van der Waals surface area contributed by atoms with E-state index in [9.17, 15) is 0 Å². The van der Waals surface area contributed by atoms with Gasteiger partial charge in [-0.2, -0.15) is 0 Å². The van der Waals surface area contributed by atoms with Crippen LogP contribution >= 0.6 is 11.8 Å². The van der Waals surface area contributed by atoms with E-state index in [0.29, 0.717) is 6.04 Å². The fourth-order valence-corrected chi connectivity index (χ4v) is 3.52. The molecule has 0 aliphatic carbocycles. The van der Waals surface area contributed by atoms with Crippen molar-refractivity contribution in [1.82, 2.24) is 15.1 Å². The smallest absolute Gasteiger partial charge is 0.0346 e. The van der Waals surface area contributed by atoms with Crippen LogP contribution in [0, 0.1) is 0 Å². The Balaban J connectivity index is 1.56. The molecule has 0 amide bonds. The standard InChI is InChI=1S/C16H25N3S/c1-13(14-3-5-16(20-2)6-4-14)18-7-9-19(10-8-18)15-11-17-12-15/h3-6,13,15,17H,7-12H2,1-2H3. The number of thioether (sulfide) groups is 1. The van der Waals surface area contributed by atoms with Crippen molar-refractivity contribution in [2.45, 2.75) is 23.9 Å². The number of piperazine rings is 1. The zero-order chi connectivity index (χ0) is 13.9. The van der Waals surface area contributed by atoms with Gasteiger partial charge in [0.1, 0.15) is 0 Å². The number of hydrogen-bond donors (Lipinski definition) is 1. The second-order valence-electron chi connectivity index (χ2n) is 5.83. The van der Waals surface area contributed by atoms with Gasteiger partial charge in [0.05, 0.1) is 0 Å². The Bertz CT molecular complexity index is 422. The van der Waals surface area contributed by atoms with Gasteiger partial charge in [-0.3, -0.25) is 9.80 Å². The molecule has 0 spiro atoms. The zero-order valence-electron chi connectivity index (χ0n) is 12.5. The van der Waals surface area contributed by atoms with Gasteiger partial charge in [0.15, 0.2) is 0 Å². The Morgan fingerprint density at radius 3 is 2.25 bits per heavy atom. The Kier molecular flexibility index (Phi) is 4.66. The van der Waals surface area contributed by atoms with E-state index in [2.05, 4.69) is 52.6 Å². The third kappa shape index (κ3) is 3.03. The average Bonchev–Trinajstić information content (AvgIpc) is 2.46. The summed E-state index contributed by atoms with van der Waals surface area (Å²) in [4.78, 5) is 6.62. The van der Waals surface area contributed by atoms with Crippen molar-refractivity contribution < 1.29 is 0 Å². The SMILES string of the molecule is CSc1ccc(C(C)N2CCN(C3CNC3)CC2)cc1. The van der Waals surface area contributed by atoms with Crippen LogP contribution in [0.5, 0.6) is 0 Å². The van der Waals surface area contributed by atoms with E-state index < -0.39 is 0 Å². The molecule has 1 N–H and O–H groups in total. The highest BCUT2D eigenvalue weighted by Gasteiger charge is 2.29. The molecule has 3 rings (SSSR count). The van der Waals surface area contributed by atoms with Crippen molar-refractivity contribution in [2.24, 2.45) is 0 Å². The Hall–Kier alpha value is -0.550. The largest absolute Gasteiger partial charge is 0.314 e. The van der Waals surface area contributed by atoms with E-state index in [1.807, 2.05) is 11.8 Å². The third-order valence-electron chi connectivity index (χ3n) is 4.77.